The highest BCUT2D eigenvalue weighted by Gasteiger charge is 2.20. The van der Waals surface area contributed by atoms with E-state index in [2.05, 4.69) is 14.2 Å². The van der Waals surface area contributed by atoms with E-state index in [-0.39, 0.29) is 40.0 Å². The number of nitro benzene ring substituents is 1. The van der Waals surface area contributed by atoms with Crippen LogP contribution in [0.5, 0.6) is 23.0 Å². The maximum absolute atomic E-state index is 11.2. The first kappa shape index (κ1) is 42.2. The van der Waals surface area contributed by atoms with E-state index in [9.17, 15) is 39.5 Å². The SMILES string of the molecule is COC(=O)c1cc(N)c(O)cc1C.COC(=O)c1cc([N+](=O)[O-])c(O)cc1C.COC(=O)c1ccc(O)cc1C.Cc1cc(O)ccc1C(=O)O. The first-order valence-electron chi connectivity index (χ1n) is 14.4. The van der Waals surface area contributed by atoms with Gasteiger partial charge in [0, 0.05) is 6.07 Å². The molecule has 0 aliphatic heterocycles. The first-order valence-corrected chi connectivity index (χ1v) is 14.4. The zero-order valence-electron chi connectivity index (χ0n) is 28.7. The number of carbonyl (C=O) groups is 4. The summed E-state index contributed by atoms with van der Waals surface area (Å²) in [7, 11) is 3.81. The highest BCUT2D eigenvalue weighted by atomic mass is 16.6. The number of nitrogen functional groups attached to an aromatic ring is 1. The third-order valence-electron chi connectivity index (χ3n) is 6.76. The molecular weight excluding hydrogens is 672 g/mol. The largest absolute Gasteiger partial charge is 0.508 e. The summed E-state index contributed by atoms with van der Waals surface area (Å²) in [6, 6.07) is 13.7. The van der Waals surface area contributed by atoms with Gasteiger partial charge in [0.1, 0.15) is 17.2 Å². The van der Waals surface area contributed by atoms with Crippen molar-refractivity contribution >= 4 is 35.3 Å². The second-order valence-electron chi connectivity index (χ2n) is 10.4. The smallest absolute Gasteiger partial charge is 0.338 e. The Labute approximate surface area is 292 Å². The number of phenols is 4. The predicted octanol–water partition coefficient (Wildman–Crippen LogP) is 5.35. The van der Waals surface area contributed by atoms with Gasteiger partial charge in [0.05, 0.1) is 54.2 Å². The number of phenolic OH excluding ortho intramolecular Hbond substituents is 4. The zero-order chi connectivity index (χ0) is 39.2. The van der Waals surface area contributed by atoms with Crippen LogP contribution in [0.3, 0.4) is 0 Å². The molecule has 0 spiro atoms. The number of carbonyl (C=O) groups excluding carboxylic acids is 3. The van der Waals surface area contributed by atoms with Crippen molar-refractivity contribution < 1.29 is 63.8 Å². The molecule has 4 rings (SSSR count). The Balaban J connectivity index is 0.000000342. The molecule has 272 valence electrons. The summed E-state index contributed by atoms with van der Waals surface area (Å²) in [5.74, 6) is -2.72. The third kappa shape index (κ3) is 12.3. The number of hydrogen-bond donors (Lipinski definition) is 6. The summed E-state index contributed by atoms with van der Waals surface area (Å²) in [5, 5.41) is 55.5. The van der Waals surface area contributed by atoms with Crippen molar-refractivity contribution in [3.63, 3.8) is 0 Å². The van der Waals surface area contributed by atoms with Crippen molar-refractivity contribution in [3.8, 4) is 23.0 Å². The second-order valence-corrected chi connectivity index (χ2v) is 10.4. The van der Waals surface area contributed by atoms with Gasteiger partial charge in [0.2, 0.25) is 0 Å². The fourth-order valence-corrected chi connectivity index (χ4v) is 4.07. The number of hydrogen-bond acceptors (Lipinski definition) is 14. The minimum atomic E-state index is -0.970. The fraction of sp³-hybridized carbons (Fsp3) is 0.200. The van der Waals surface area contributed by atoms with Gasteiger partial charge in [-0.05, 0) is 105 Å². The number of esters is 3. The minimum Gasteiger partial charge on any atom is -0.508 e. The molecule has 0 aliphatic rings. The van der Waals surface area contributed by atoms with Gasteiger partial charge in [-0.3, -0.25) is 10.1 Å². The molecular formula is C35H38N2O14. The summed E-state index contributed by atoms with van der Waals surface area (Å²) in [4.78, 5) is 53.6. The number of methoxy groups -OCH3 is 3. The molecule has 51 heavy (non-hydrogen) atoms. The molecule has 0 fully saturated rings. The van der Waals surface area contributed by atoms with Crippen LogP contribution in [0.25, 0.3) is 0 Å². The Bertz CT molecular complexity index is 1920. The molecule has 0 aromatic heterocycles. The Hall–Kier alpha value is -6.84. The van der Waals surface area contributed by atoms with Gasteiger partial charge in [0.15, 0.2) is 5.75 Å². The number of aromatic carboxylic acids is 1. The molecule has 0 saturated heterocycles. The summed E-state index contributed by atoms with van der Waals surface area (Å²) in [5.41, 5.74) is 8.57. The van der Waals surface area contributed by atoms with E-state index in [1.54, 1.807) is 27.7 Å². The van der Waals surface area contributed by atoms with Crippen LogP contribution in [0.1, 0.15) is 63.7 Å². The van der Waals surface area contributed by atoms with Gasteiger partial charge in [0.25, 0.3) is 0 Å². The van der Waals surface area contributed by atoms with Gasteiger partial charge in [-0.15, -0.1) is 0 Å². The molecule has 0 saturated carbocycles. The number of rotatable bonds is 5. The van der Waals surface area contributed by atoms with Gasteiger partial charge in [-0.2, -0.15) is 0 Å². The van der Waals surface area contributed by atoms with Gasteiger partial charge in [-0.1, -0.05) is 0 Å². The standard InChI is InChI=1S/C9H9NO5.C9H11NO3.C9H10O3.C8H8O3/c1-5-3-8(11)7(10(13)14)4-6(5)9(12)15-2;1-5-3-8(11)7(10)4-6(5)9(12)13-2;1-6-5-7(10)3-4-8(6)9(11)12-2;1-5-4-6(9)2-3-7(5)8(10)11/h3-4,11H,1-2H3;3-4,11H,10H2,1-2H3;3-5,10H,1-2H3;2-4,9H,1H3,(H,10,11). The Morgan fingerprint density at radius 3 is 1.35 bits per heavy atom. The van der Waals surface area contributed by atoms with Crippen molar-refractivity contribution in [2.45, 2.75) is 27.7 Å². The number of benzene rings is 4. The van der Waals surface area contributed by atoms with Crippen molar-refractivity contribution in [3.05, 3.63) is 115 Å². The average molecular weight is 711 g/mol. The summed E-state index contributed by atoms with van der Waals surface area (Å²) in [6.07, 6.45) is 0. The van der Waals surface area contributed by atoms with Crippen molar-refractivity contribution in [2.24, 2.45) is 0 Å². The lowest BCUT2D eigenvalue weighted by atomic mass is 10.1. The number of nitrogens with zero attached hydrogens (tertiary/aromatic N) is 1. The number of ether oxygens (including phenoxy) is 3. The topological polar surface area (TPSA) is 266 Å². The van der Waals surface area contributed by atoms with Crippen LogP contribution < -0.4 is 5.73 Å². The molecule has 0 amide bonds. The normalized spacial score (nSPS) is 9.63. The van der Waals surface area contributed by atoms with Crippen LogP contribution in [-0.4, -0.2) is 75.7 Å². The highest BCUT2D eigenvalue weighted by Crippen LogP contribution is 2.29. The lowest BCUT2D eigenvalue weighted by Crippen LogP contribution is -2.04. The Morgan fingerprint density at radius 2 is 0.961 bits per heavy atom. The number of anilines is 1. The van der Waals surface area contributed by atoms with E-state index in [0.29, 0.717) is 33.4 Å². The van der Waals surface area contributed by atoms with Crippen molar-refractivity contribution in [1.82, 2.24) is 0 Å². The molecule has 7 N–H and O–H groups in total. The summed E-state index contributed by atoms with van der Waals surface area (Å²) >= 11 is 0. The number of carboxylic acid groups (broad SMARTS) is 1. The fourth-order valence-electron chi connectivity index (χ4n) is 4.07. The molecule has 4 aromatic carbocycles. The average Bonchev–Trinajstić information content (AvgIpc) is 3.06. The third-order valence-corrected chi connectivity index (χ3v) is 6.76. The number of aryl methyl sites for hydroxylation is 4. The lowest BCUT2D eigenvalue weighted by Gasteiger charge is -2.06. The summed E-state index contributed by atoms with van der Waals surface area (Å²) < 4.78 is 13.5. The van der Waals surface area contributed by atoms with Gasteiger partial charge in [-0.25, -0.2) is 19.2 Å². The van der Waals surface area contributed by atoms with Gasteiger partial charge < -0.3 is 45.5 Å². The van der Waals surface area contributed by atoms with Crippen LogP contribution in [0.2, 0.25) is 0 Å². The number of carboxylic acids is 1. The first-order chi connectivity index (χ1) is 23.8. The van der Waals surface area contributed by atoms with E-state index in [1.165, 1.54) is 69.9 Å². The van der Waals surface area contributed by atoms with Crippen molar-refractivity contribution in [1.29, 1.82) is 0 Å². The molecule has 16 heteroatoms. The maximum Gasteiger partial charge on any atom is 0.338 e. The van der Waals surface area contributed by atoms with Crippen LogP contribution >= 0.6 is 0 Å². The lowest BCUT2D eigenvalue weighted by molar-refractivity contribution is -0.385. The molecule has 0 heterocycles. The van der Waals surface area contributed by atoms with Crippen LogP contribution in [0.15, 0.2) is 60.7 Å². The van der Waals surface area contributed by atoms with Crippen LogP contribution in [0.4, 0.5) is 11.4 Å². The van der Waals surface area contributed by atoms with Gasteiger partial charge >= 0.3 is 29.6 Å². The predicted molar refractivity (Wildman–Crippen MR) is 183 cm³/mol. The summed E-state index contributed by atoms with van der Waals surface area (Å²) in [6.45, 7) is 6.64. The second kappa shape index (κ2) is 19.2. The quantitative estimate of drug-likeness (QED) is 0.0380. The Kier molecular flexibility index (Phi) is 15.9. The zero-order valence-corrected chi connectivity index (χ0v) is 28.7. The number of nitro groups is 1. The van der Waals surface area contributed by atoms with E-state index in [4.69, 9.17) is 21.1 Å². The highest BCUT2D eigenvalue weighted by molar-refractivity contribution is 5.93. The molecule has 4 aromatic rings. The molecule has 0 radical (unpaired) electrons. The van der Waals surface area contributed by atoms with Crippen LogP contribution in [-0.2, 0) is 14.2 Å². The minimum absolute atomic E-state index is 0.0230. The molecule has 0 bridgehead atoms. The number of aromatic hydroxyl groups is 4. The molecule has 0 atom stereocenters. The molecule has 0 unspecified atom stereocenters. The van der Waals surface area contributed by atoms with E-state index >= 15 is 0 Å². The monoisotopic (exact) mass is 710 g/mol. The molecule has 0 aliphatic carbocycles. The van der Waals surface area contributed by atoms with E-state index < -0.39 is 34.3 Å². The number of nitrogens with two attached hydrogens (primary N) is 1. The maximum atomic E-state index is 11.2. The Morgan fingerprint density at radius 1 is 0.588 bits per heavy atom. The van der Waals surface area contributed by atoms with Crippen LogP contribution in [0, 0.1) is 37.8 Å². The van der Waals surface area contributed by atoms with E-state index in [1.807, 2.05) is 0 Å². The van der Waals surface area contributed by atoms with E-state index in [0.717, 1.165) is 12.1 Å². The van der Waals surface area contributed by atoms with Crippen molar-refractivity contribution in [2.75, 3.05) is 27.1 Å². The molecule has 16 nitrogen and oxygen atoms in total.